The number of hydrogen-bond acceptors (Lipinski definition) is 9. The van der Waals surface area contributed by atoms with Crippen LogP contribution in [0.1, 0.15) is 100.0 Å². The molecule has 1 aromatic rings. The van der Waals surface area contributed by atoms with Crippen molar-refractivity contribution < 1.29 is 38.1 Å². The van der Waals surface area contributed by atoms with Gasteiger partial charge in [-0.05, 0) is 84.9 Å². The molecule has 0 aliphatic carbocycles. The molecule has 0 aliphatic heterocycles. The van der Waals surface area contributed by atoms with Crippen molar-refractivity contribution in [2.45, 2.75) is 119 Å². The van der Waals surface area contributed by atoms with Gasteiger partial charge in [0.2, 0.25) is 0 Å². The highest BCUT2D eigenvalue weighted by Gasteiger charge is 2.32. The lowest BCUT2D eigenvalue weighted by atomic mass is 9.90. The van der Waals surface area contributed by atoms with Gasteiger partial charge >= 0.3 is 23.9 Å². The van der Waals surface area contributed by atoms with Crippen molar-refractivity contribution in [3.8, 4) is 11.5 Å². The van der Waals surface area contributed by atoms with Crippen LogP contribution in [0.4, 0.5) is 0 Å². The number of carbonyl (C=O) groups excluding carboxylic acids is 4. The van der Waals surface area contributed by atoms with Crippen molar-refractivity contribution in [1.82, 2.24) is 0 Å². The van der Waals surface area contributed by atoms with E-state index < -0.39 is 47.0 Å². The molecule has 3 atom stereocenters. The standard InChI is InChI=1S/C30H47NO8/c1-10-13-14-25(32)36-19(4)20(5)37-26(33)22(31)17-21-15-16-23(38-27(34)29(6,7)11-2)24(18-21)39-28(35)30(8,9)12-3/h15-16,18-20,22H,10-14,17,31H2,1-9H3/t19-,20-,22-/m0/s1. The Bertz CT molecular complexity index is 1000. The van der Waals surface area contributed by atoms with E-state index in [-0.39, 0.29) is 23.9 Å². The maximum absolute atomic E-state index is 12.8. The van der Waals surface area contributed by atoms with Gasteiger partial charge in [-0.25, -0.2) is 0 Å². The maximum Gasteiger partial charge on any atom is 0.323 e. The zero-order valence-corrected chi connectivity index (χ0v) is 25.1. The number of carbonyl (C=O) groups is 4. The average molecular weight is 550 g/mol. The van der Waals surface area contributed by atoms with E-state index in [1.54, 1.807) is 53.7 Å². The van der Waals surface area contributed by atoms with E-state index in [0.717, 1.165) is 12.8 Å². The van der Waals surface area contributed by atoms with Crippen molar-refractivity contribution >= 4 is 23.9 Å². The van der Waals surface area contributed by atoms with E-state index in [0.29, 0.717) is 24.8 Å². The number of benzene rings is 1. The van der Waals surface area contributed by atoms with Crippen LogP contribution >= 0.6 is 0 Å². The predicted octanol–water partition coefficient (Wildman–Crippen LogP) is 5.29. The Kier molecular flexibility index (Phi) is 13.1. The van der Waals surface area contributed by atoms with Crippen LogP contribution in [0.2, 0.25) is 0 Å². The molecule has 39 heavy (non-hydrogen) atoms. The van der Waals surface area contributed by atoms with Gasteiger partial charge in [0.05, 0.1) is 10.8 Å². The van der Waals surface area contributed by atoms with Gasteiger partial charge in [-0.2, -0.15) is 0 Å². The van der Waals surface area contributed by atoms with E-state index in [9.17, 15) is 19.2 Å². The summed E-state index contributed by atoms with van der Waals surface area (Å²) in [6, 6.07) is 3.69. The largest absolute Gasteiger partial charge is 0.459 e. The molecule has 0 aromatic heterocycles. The molecule has 0 saturated carbocycles. The van der Waals surface area contributed by atoms with Crippen molar-refractivity contribution in [2.24, 2.45) is 16.6 Å². The average Bonchev–Trinajstić information content (AvgIpc) is 2.88. The van der Waals surface area contributed by atoms with Crippen molar-refractivity contribution in [3.63, 3.8) is 0 Å². The molecule has 9 nitrogen and oxygen atoms in total. The summed E-state index contributed by atoms with van der Waals surface area (Å²) in [7, 11) is 0. The Morgan fingerprint density at radius 1 is 0.821 bits per heavy atom. The summed E-state index contributed by atoms with van der Waals surface area (Å²) < 4.78 is 22.0. The third-order valence-corrected chi connectivity index (χ3v) is 7.06. The molecule has 0 radical (unpaired) electrons. The van der Waals surface area contributed by atoms with Crippen LogP contribution < -0.4 is 15.2 Å². The van der Waals surface area contributed by atoms with E-state index in [1.807, 2.05) is 20.8 Å². The smallest absolute Gasteiger partial charge is 0.323 e. The maximum atomic E-state index is 12.8. The molecule has 2 N–H and O–H groups in total. The van der Waals surface area contributed by atoms with Crippen molar-refractivity contribution in [3.05, 3.63) is 23.8 Å². The van der Waals surface area contributed by atoms with Crippen LogP contribution in [0.25, 0.3) is 0 Å². The van der Waals surface area contributed by atoms with E-state index in [2.05, 4.69) is 0 Å². The van der Waals surface area contributed by atoms with Gasteiger partial charge in [0.1, 0.15) is 18.2 Å². The molecule has 0 amide bonds. The number of ether oxygens (including phenoxy) is 4. The topological polar surface area (TPSA) is 131 Å². The normalized spacial score (nSPS) is 14.1. The van der Waals surface area contributed by atoms with E-state index >= 15 is 0 Å². The molecule has 0 heterocycles. The van der Waals surface area contributed by atoms with Crippen LogP contribution in [0.3, 0.4) is 0 Å². The number of hydrogen-bond donors (Lipinski definition) is 1. The Morgan fingerprint density at radius 3 is 1.85 bits per heavy atom. The highest BCUT2D eigenvalue weighted by Crippen LogP contribution is 2.34. The summed E-state index contributed by atoms with van der Waals surface area (Å²) in [6.45, 7) is 16.1. The lowest BCUT2D eigenvalue weighted by Gasteiger charge is -2.24. The summed E-state index contributed by atoms with van der Waals surface area (Å²) in [6.07, 6.45) is 1.79. The van der Waals surface area contributed by atoms with Gasteiger partial charge in [0, 0.05) is 6.42 Å². The summed E-state index contributed by atoms with van der Waals surface area (Å²) in [5.74, 6) is -1.76. The zero-order valence-electron chi connectivity index (χ0n) is 25.1. The fraction of sp³-hybridized carbons (Fsp3) is 0.667. The first-order valence-electron chi connectivity index (χ1n) is 13.8. The Labute approximate surface area is 233 Å². The first kappa shape index (κ1) is 34.1. The molecule has 0 aliphatic rings. The van der Waals surface area contributed by atoms with E-state index in [4.69, 9.17) is 24.7 Å². The SMILES string of the molecule is CCCCC(=O)O[C@@H](C)[C@H](C)OC(=O)[C@@H](N)Cc1ccc(OC(=O)C(C)(C)CC)c(OC(=O)C(C)(C)CC)c1. The first-order valence-corrected chi connectivity index (χ1v) is 13.8. The zero-order chi connectivity index (χ0) is 30.0. The lowest BCUT2D eigenvalue weighted by Crippen LogP contribution is -2.39. The summed E-state index contributed by atoms with van der Waals surface area (Å²) in [5.41, 5.74) is 5.22. The summed E-state index contributed by atoms with van der Waals surface area (Å²) in [4.78, 5) is 50.1. The van der Waals surface area contributed by atoms with Gasteiger partial charge in [0.25, 0.3) is 0 Å². The molecule has 1 aromatic carbocycles. The van der Waals surface area contributed by atoms with Crippen LogP contribution in [0.15, 0.2) is 18.2 Å². The fourth-order valence-electron chi connectivity index (χ4n) is 3.00. The third-order valence-electron chi connectivity index (χ3n) is 7.06. The van der Waals surface area contributed by atoms with E-state index in [1.165, 1.54) is 6.07 Å². The van der Waals surface area contributed by atoms with Gasteiger partial charge in [-0.3, -0.25) is 19.2 Å². The molecular formula is C30H47NO8. The second kappa shape index (κ2) is 15.0. The molecule has 0 unspecified atom stereocenters. The highest BCUT2D eigenvalue weighted by atomic mass is 16.6. The van der Waals surface area contributed by atoms with Gasteiger partial charge < -0.3 is 24.7 Å². The van der Waals surface area contributed by atoms with Crippen LogP contribution in [-0.2, 0) is 35.1 Å². The minimum absolute atomic E-state index is 0.0702. The second-order valence-corrected chi connectivity index (χ2v) is 11.3. The Morgan fingerprint density at radius 2 is 1.33 bits per heavy atom. The monoisotopic (exact) mass is 549 g/mol. The molecule has 1 rings (SSSR count). The third kappa shape index (κ3) is 10.6. The van der Waals surface area contributed by atoms with Crippen LogP contribution in [0, 0.1) is 10.8 Å². The number of unbranched alkanes of at least 4 members (excludes halogenated alkanes) is 1. The molecule has 0 bridgehead atoms. The predicted molar refractivity (Wildman–Crippen MR) is 148 cm³/mol. The number of nitrogens with two attached hydrogens (primary N) is 1. The highest BCUT2D eigenvalue weighted by molar-refractivity contribution is 5.81. The number of esters is 4. The molecular weight excluding hydrogens is 502 g/mol. The quantitative estimate of drug-likeness (QED) is 0.229. The molecule has 9 heteroatoms. The first-order chi connectivity index (χ1) is 18.1. The van der Waals surface area contributed by atoms with Crippen LogP contribution in [-0.4, -0.2) is 42.1 Å². The molecule has 0 spiro atoms. The van der Waals surface area contributed by atoms with Gasteiger partial charge in [-0.1, -0.05) is 33.3 Å². The van der Waals surface area contributed by atoms with Crippen molar-refractivity contribution in [1.29, 1.82) is 0 Å². The molecule has 0 fully saturated rings. The summed E-state index contributed by atoms with van der Waals surface area (Å²) >= 11 is 0. The Balaban J connectivity index is 3.04. The second-order valence-electron chi connectivity index (χ2n) is 11.3. The van der Waals surface area contributed by atoms with Crippen LogP contribution in [0.5, 0.6) is 11.5 Å². The van der Waals surface area contributed by atoms with Crippen molar-refractivity contribution in [2.75, 3.05) is 0 Å². The van der Waals surface area contributed by atoms with Gasteiger partial charge in [-0.15, -0.1) is 0 Å². The lowest BCUT2D eigenvalue weighted by molar-refractivity contribution is -0.166. The molecule has 0 saturated heterocycles. The summed E-state index contributed by atoms with van der Waals surface area (Å²) in [5, 5.41) is 0. The fourth-order valence-corrected chi connectivity index (χ4v) is 3.00. The Hall–Kier alpha value is -2.94. The minimum atomic E-state index is -1.03. The number of rotatable bonds is 15. The minimum Gasteiger partial charge on any atom is -0.459 e. The van der Waals surface area contributed by atoms with Gasteiger partial charge in [0.15, 0.2) is 11.5 Å². The molecule has 220 valence electrons.